The number of rotatable bonds is 10. The zero-order valence-electron chi connectivity index (χ0n) is 20.3. The highest BCUT2D eigenvalue weighted by molar-refractivity contribution is 7.92. The molecule has 0 unspecified atom stereocenters. The second kappa shape index (κ2) is 11.7. The van der Waals surface area contributed by atoms with Crippen LogP contribution in [0.2, 0.25) is 0 Å². The molecule has 4 rings (SSSR count). The molecule has 1 N–H and O–H groups in total. The fourth-order valence-electron chi connectivity index (χ4n) is 4.11. The molecular weight excluding hydrogens is 468 g/mol. The average molecular weight is 499 g/mol. The Morgan fingerprint density at radius 2 is 1.42 bits per heavy atom. The van der Waals surface area contributed by atoms with Crippen LogP contribution in [-0.4, -0.2) is 20.9 Å². The van der Waals surface area contributed by atoms with Crippen LogP contribution in [0.4, 0.5) is 5.69 Å². The van der Waals surface area contributed by atoms with Crippen molar-refractivity contribution in [2.75, 3.05) is 10.8 Å². The number of benzene rings is 4. The summed E-state index contributed by atoms with van der Waals surface area (Å²) < 4.78 is 28.8. The van der Waals surface area contributed by atoms with Gasteiger partial charge in [-0.2, -0.15) is 0 Å². The molecule has 0 atom stereocenters. The first kappa shape index (κ1) is 25.2. The minimum atomic E-state index is -3.92. The smallest absolute Gasteiger partial charge is 0.264 e. The van der Waals surface area contributed by atoms with E-state index in [-0.39, 0.29) is 17.3 Å². The van der Waals surface area contributed by atoms with Gasteiger partial charge in [0.25, 0.3) is 15.9 Å². The number of nitrogens with one attached hydrogen (secondary N) is 1. The van der Waals surface area contributed by atoms with Crippen LogP contribution in [0.3, 0.4) is 0 Å². The summed E-state index contributed by atoms with van der Waals surface area (Å²) in [6, 6.07) is 32.9. The minimum Gasteiger partial charge on any atom is -0.352 e. The third-order valence-corrected chi connectivity index (χ3v) is 7.70. The molecule has 4 aromatic carbocycles. The Morgan fingerprint density at radius 1 is 0.778 bits per heavy atom. The van der Waals surface area contributed by atoms with Gasteiger partial charge < -0.3 is 5.32 Å². The third-order valence-electron chi connectivity index (χ3n) is 5.93. The molecule has 0 bridgehead atoms. The Kier molecular flexibility index (Phi) is 8.18. The van der Waals surface area contributed by atoms with Crippen molar-refractivity contribution in [2.24, 2.45) is 0 Å². The fraction of sp³-hybridized carbons (Fsp3) is 0.167. The van der Waals surface area contributed by atoms with Crippen molar-refractivity contribution in [1.82, 2.24) is 5.32 Å². The number of aryl methyl sites for hydroxylation is 2. The van der Waals surface area contributed by atoms with E-state index < -0.39 is 10.0 Å². The lowest BCUT2D eigenvalue weighted by Gasteiger charge is -2.26. The van der Waals surface area contributed by atoms with E-state index in [0.29, 0.717) is 17.8 Å². The molecule has 0 aliphatic carbocycles. The summed E-state index contributed by atoms with van der Waals surface area (Å²) in [5.41, 5.74) is 3.94. The van der Waals surface area contributed by atoms with E-state index in [1.807, 2.05) is 36.4 Å². The highest BCUT2D eigenvalue weighted by Gasteiger charge is 2.28. The van der Waals surface area contributed by atoms with Crippen molar-refractivity contribution < 1.29 is 13.2 Å². The van der Waals surface area contributed by atoms with Crippen LogP contribution in [0, 0.1) is 6.92 Å². The van der Waals surface area contributed by atoms with Gasteiger partial charge in [-0.15, -0.1) is 0 Å². The van der Waals surface area contributed by atoms with Crippen molar-refractivity contribution >= 4 is 21.6 Å². The maximum Gasteiger partial charge on any atom is 0.264 e. The monoisotopic (exact) mass is 498 g/mol. The van der Waals surface area contributed by atoms with Gasteiger partial charge in [0.1, 0.15) is 0 Å². The predicted molar refractivity (Wildman–Crippen MR) is 145 cm³/mol. The average Bonchev–Trinajstić information content (AvgIpc) is 2.91. The van der Waals surface area contributed by atoms with Crippen molar-refractivity contribution in [3.8, 4) is 0 Å². The summed E-state index contributed by atoms with van der Waals surface area (Å²) in [5, 5.41) is 2.97. The number of sulfonamides is 1. The summed E-state index contributed by atoms with van der Waals surface area (Å²) in [7, 11) is -3.92. The second-order valence-electron chi connectivity index (χ2n) is 8.68. The maximum atomic E-state index is 13.8. The van der Waals surface area contributed by atoms with Gasteiger partial charge in [0.2, 0.25) is 0 Å². The number of carbonyl (C=O) groups is 1. The van der Waals surface area contributed by atoms with Crippen LogP contribution in [0.25, 0.3) is 0 Å². The zero-order chi connectivity index (χ0) is 25.4. The molecule has 5 nitrogen and oxygen atoms in total. The van der Waals surface area contributed by atoms with Crippen LogP contribution in [0.5, 0.6) is 0 Å². The second-order valence-corrected chi connectivity index (χ2v) is 10.5. The van der Waals surface area contributed by atoms with E-state index in [2.05, 4.69) is 30.4 Å². The van der Waals surface area contributed by atoms with Gasteiger partial charge in [0, 0.05) is 6.54 Å². The molecule has 0 fully saturated rings. The van der Waals surface area contributed by atoms with Gasteiger partial charge in [-0.25, -0.2) is 8.42 Å². The van der Waals surface area contributed by atoms with Crippen molar-refractivity contribution in [3.05, 3.63) is 131 Å². The number of hydrogen-bond donors (Lipinski definition) is 1. The molecule has 0 spiro atoms. The lowest BCUT2D eigenvalue weighted by molar-refractivity contribution is 0.0954. The molecule has 0 saturated carbocycles. The first-order valence-corrected chi connectivity index (χ1v) is 13.4. The summed E-state index contributed by atoms with van der Waals surface area (Å²) in [6.07, 6.45) is 1.64. The van der Waals surface area contributed by atoms with E-state index >= 15 is 0 Å². The Labute approximate surface area is 213 Å². The lowest BCUT2D eigenvalue weighted by Crippen LogP contribution is -2.33. The highest BCUT2D eigenvalue weighted by Crippen LogP contribution is 2.29. The van der Waals surface area contributed by atoms with Crippen LogP contribution >= 0.6 is 0 Å². The zero-order valence-corrected chi connectivity index (χ0v) is 21.1. The van der Waals surface area contributed by atoms with Crippen LogP contribution in [-0.2, 0) is 23.0 Å². The molecule has 36 heavy (non-hydrogen) atoms. The Hall–Kier alpha value is -3.90. The Morgan fingerprint density at radius 3 is 2.14 bits per heavy atom. The lowest BCUT2D eigenvalue weighted by atomic mass is 10.1. The molecule has 0 heterocycles. The van der Waals surface area contributed by atoms with Gasteiger partial charge in [-0.05, 0) is 55.2 Å². The predicted octanol–water partition coefficient (Wildman–Crippen LogP) is 5.75. The standard InChI is InChI=1S/C30H30N2O3S/c1-24-12-10-15-25(22-24)16-11-21-31-30(33)28-19-8-9-20-29(28)32(23-26-13-4-2-5-14-26)36(34,35)27-17-6-3-7-18-27/h2-10,12-15,17-20,22H,11,16,21,23H2,1H3,(H,31,33). The molecular formula is C30H30N2O3S. The molecule has 0 aliphatic heterocycles. The van der Waals surface area contributed by atoms with Crippen LogP contribution in [0.15, 0.2) is 114 Å². The van der Waals surface area contributed by atoms with E-state index in [9.17, 15) is 13.2 Å². The first-order valence-electron chi connectivity index (χ1n) is 12.0. The number of anilines is 1. The molecule has 0 aromatic heterocycles. The van der Waals surface area contributed by atoms with Gasteiger partial charge >= 0.3 is 0 Å². The van der Waals surface area contributed by atoms with Gasteiger partial charge in [0.05, 0.1) is 22.7 Å². The van der Waals surface area contributed by atoms with E-state index in [1.54, 1.807) is 54.6 Å². The highest BCUT2D eigenvalue weighted by atomic mass is 32.2. The number of carbonyl (C=O) groups excluding carboxylic acids is 1. The Balaban J connectivity index is 1.58. The summed E-state index contributed by atoms with van der Waals surface area (Å²) in [5.74, 6) is -0.295. The maximum absolute atomic E-state index is 13.8. The number of nitrogens with zero attached hydrogens (tertiary/aromatic N) is 1. The first-order chi connectivity index (χ1) is 17.4. The van der Waals surface area contributed by atoms with Gasteiger partial charge in [0.15, 0.2) is 0 Å². The van der Waals surface area contributed by atoms with E-state index in [1.165, 1.54) is 15.4 Å². The molecule has 4 aromatic rings. The largest absolute Gasteiger partial charge is 0.352 e. The number of hydrogen-bond acceptors (Lipinski definition) is 3. The van der Waals surface area contributed by atoms with E-state index in [0.717, 1.165) is 18.4 Å². The quantitative estimate of drug-likeness (QED) is 0.283. The fourth-order valence-corrected chi connectivity index (χ4v) is 5.60. The SMILES string of the molecule is Cc1cccc(CCCNC(=O)c2ccccc2N(Cc2ccccc2)S(=O)(=O)c2ccccc2)c1. The Bertz CT molecular complexity index is 1400. The molecule has 6 heteroatoms. The van der Waals surface area contributed by atoms with Gasteiger partial charge in [-0.1, -0.05) is 90.5 Å². The molecule has 0 aliphatic rings. The summed E-state index contributed by atoms with van der Waals surface area (Å²) in [6.45, 7) is 2.66. The van der Waals surface area contributed by atoms with Crippen molar-refractivity contribution in [1.29, 1.82) is 0 Å². The topological polar surface area (TPSA) is 66.5 Å². The number of para-hydroxylation sites is 1. The molecule has 1 amide bonds. The van der Waals surface area contributed by atoms with Gasteiger partial charge in [-0.3, -0.25) is 9.10 Å². The normalized spacial score (nSPS) is 11.1. The van der Waals surface area contributed by atoms with Crippen LogP contribution < -0.4 is 9.62 Å². The third kappa shape index (κ3) is 6.20. The van der Waals surface area contributed by atoms with Crippen molar-refractivity contribution in [2.45, 2.75) is 31.2 Å². The summed E-state index contributed by atoms with van der Waals surface area (Å²) in [4.78, 5) is 13.4. The number of amides is 1. The van der Waals surface area contributed by atoms with Crippen LogP contribution in [0.1, 0.15) is 33.5 Å². The van der Waals surface area contributed by atoms with Crippen molar-refractivity contribution in [3.63, 3.8) is 0 Å². The minimum absolute atomic E-state index is 0.107. The molecule has 0 radical (unpaired) electrons. The van der Waals surface area contributed by atoms with E-state index in [4.69, 9.17) is 0 Å². The molecule has 0 saturated heterocycles. The summed E-state index contributed by atoms with van der Waals surface area (Å²) >= 11 is 0. The molecule has 184 valence electrons.